The summed E-state index contributed by atoms with van der Waals surface area (Å²) < 4.78 is 1.85. The van der Waals surface area contributed by atoms with Crippen molar-refractivity contribution in [1.82, 2.24) is 4.57 Å². The fourth-order valence-corrected chi connectivity index (χ4v) is 3.41. The molecule has 3 nitrogen and oxygen atoms in total. The Morgan fingerprint density at radius 3 is 2.67 bits per heavy atom. The van der Waals surface area contributed by atoms with Crippen LogP contribution in [0.1, 0.15) is 28.2 Å². The largest absolute Gasteiger partial charge is 0.293 e. The van der Waals surface area contributed by atoms with Crippen LogP contribution in [0.5, 0.6) is 0 Å². The van der Waals surface area contributed by atoms with Crippen LogP contribution in [0, 0.1) is 5.41 Å². The van der Waals surface area contributed by atoms with Crippen LogP contribution in [-0.4, -0.2) is 10.4 Å². The van der Waals surface area contributed by atoms with E-state index >= 15 is 0 Å². The molecule has 0 unspecified atom stereocenters. The van der Waals surface area contributed by atoms with E-state index in [2.05, 4.69) is 0 Å². The van der Waals surface area contributed by atoms with E-state index in [1.54, 1.807) is 12.1 Å². The standard InChI is InChI=1S/C13H11ClN2OS/c14-8-4-6-9(7-5-8)16-10-2-1-3-11(17)12(10)18-13(16)15/h4-7,15H,1-3H2. The summed E-state index contributed by atoms with van der Waals surface area (Å²) in [5.74, 6) is 0.169. The molecule has 3 rings (SSSR count). The van der Waals surface area contributed by atoms with E-state index < -0.39 is 0 Å². The monoisotopic (exact) mass is 278 g/mol. The average molecular weight is 279 g/mol. The lowest BCUT2D eigenvalue weighted by atomic mass is 10.0. The van der Waals surface area contributed by atoms with Gasteiger partial charge in [-0.05, 0) is 37.1 Å². The van der Waals surface area contributed by atoms with Crippen molar-refractivity contribution in [1.29, 1.82) is 5.41 Å². The van der Waals surface area contributed by atoms with E-state index in [4.69, 9.17) is 17.0 Å². The van der Waals surface area contributed by atoms with Gasteiger partial charge in [0, 0.05) is 22.8 Å². The molecule has 0 aliphatic heterocycles. The van der Waals surface area contributed by atoms with Gasteiger partial charge in [0.1, 0.15) is 0 Å². The summed E-state index contributed by atoms with van der Waals surface area (Å²) in [5.41, 5.74) is 1.88. The number of Topliss-reactive ketones (excluding diaryl/α,β-unsaturated/α-hetero) is 1. The number of halogens is 1. The van der Waals surface area contributed by atoms with Gasteiger partial charge in [-0.3, -0.25) is 14.8 Å². The summed E-state index contributed by atoms with van der Waals surface area (Å²) in [4.78, 5) is 13.0. The van der Waals surface area contributed by atoms with Crippen LogP contribution < -0.4 is 4.80 Å². The molecule has 1 heterocycles. The van der Waals surface area contributed by atoms with Gasteiger partial charge in [-0.15, -0.1) is 0 Å². The van der Waals surface area contributed by atoms with Crippen molar-refractivity contribution in [3.8, 4) is 5.69 Å². The van der Waals surface area contributed by atoms with Crippen molar-refractivity contribution in [3.05, 3.63) is 44.7 Å². The quantitative estimate of drug-likeness (QED) is 0.855. The molecule has 92 valence electrons. The normalized spacial score (nSPS) is 14.6. The minimum Gasteiger partial charge on any atom is -0.293 e. The Morgan fingerprint density at radius 2 is 1.94 bits per heavy atom. The zero-order chi connectivity index (χ0) is 12.7. The fourth-order valence-electron chi connectivity index (χ4n) is 2.26. The lowest BCUT2D eigenvalue weighted by Crippen LogP contribution is -2.16. The minimum absolute atomic E-state index is 0.169. The van der Waals surface area contributed by atoms with Crippen LogP contribution in [0.2, 0.25) is 5.02 Å². The molecule has 1 N–H and O–H groups in total. The second kappa shape index (κ2) is 4.37. The van der Waals surface area contributed by atoms with E-state index in [0.29, 0.717) is 16.2 Å². The summed E-state index contributed by atoms with van der Waals surface area (Å²) in [6.07, 6.45) is 2.34. The van der Waals surface area contributed by atoms with Gasteiger partial charge in [0.25, 0.3) is 0 Å². The third-order valence-electron chi connectivity index (χ3n) is 3.09. The van der Waals surface area contributed by atoms with Gasteiger partial charge in [0.2, 0.25) is 0 Å². The van der Waals surface area contributed by atoms with Gasteiger partial charge in [-0.2, -0.15) is 0 Å². The van der Waals surface area contributed by atoms with Crippen LogP contribution in [-0.2, 0) is 6.42 Å². The third-order valence-corrected chi connectivity index (χ3v) is 4.38. The van der Waals surface area contributed by atoms with E-state index in [1.807, 2.05) is 16.7 Å². The van der Waals surface area contributed by atoms with Gasteiger partial charge < -0.3 is 0 Å². The number of carbonyl (C=O) groups excluding carboxylic acids is 1. The molecule has 0 amide bonds. The van der Waals surface area contributed by atoms with Crippen molar-refractivity contribution < 1.29 is 4.79 Å². The Morgan fingerprint density at radius 1 is 1.22 bits per heavy atom. The van der Waals surface area contributed by atoms with E-state index in [0.717, 1.165) is 29.1 Å². The molecule has 0 saturated heterocycles. The number of thiazole rings is 1. The number of rotatable bonds is 1. The molecule has 1 aromatic carbocycles. The van der Waals surface area contributed by atoms with Crippen LogP contribution in [0.4, 0.5) is 0 Å². The number of nitrogens with zero attached hydrogens (tertiary/aromatic N) is 1. The molecule has 0 saturated carbocycles. The molecule has 1 aliphatic rings. The smallest absolute Gasteiger partial charge is 0.187 e. The molecule has 5 heteroatoms. The number of fused-ring (bicyclic) bond motifs is 1. The van der Waals surface area contributed by atoms with Crippen molar-refractivity contribution in [3.63, 3.8) is 0 Å². The lowest BCUT2D eigenvalue weighted by Gasteiger charge is -2.13. The van der Waals surface area contributed by atoms with Gasteiger partial charge in [-0.1, -0.05) is 22.9 Å². The van der Waals surface area contributed by atoms with Crippen molar-refractivity contribution in [2.24, 2.45) is 0 Å². The highest BCUT2D eigenvalue weighted by atomic mass is 35.5. The van der Waals surface area contributed by atoms with Crippen LogP contribution in [0.3, 0.4) is 0 Å². The topological polar surface area (TPSA) is 45.9 Å². The highest BCUT2D eigenvalue weighted by Gasteiger charge is 2.23. The summed E-state index contributed by atoms with van der Waals surface area (Å²) in [5, 5.41) is 8.72. The zero-order valence-electron chi connectivity index (χ0n) is 9.57. The first-order chi connectivity index (χ1) is 8.66. The predicted molar refractivity (Wildman–Crippen MR) is 71.8 cm³/mol. The van der Waals surface area contributed by atoms with E-state index in [1.165, 1.54) is 11.3 Å². The number of ketones is 1. The molecule has 1 aliphatic carbocycles. The first kappa shape index (κ1) is 11.7. The average Bonchev–Trinajstić information content (AvgIpc) is 2.69. The molecule has 0 radical (unpaired) electrons. The van der Waals surface area contributed by atoms with Crippen molar-refractivity contribution >= 4 is 28.7 Å². The number of carbonyl (C=O) groups is 1. The molecule has 18 heavy (non-hydrogen) atoms. The summed E-state index contributed by atoms with van der Waals surface area (Å²) in [6, 6.07) is 7.37. The van der Waals surface area contributed by atoms with E-state index in [-0.39, 0.29) is 5.78 Å². The van der Waals surface area contributed by atoms with Crippen LogP contribution >= 0.6 is 22.9 Å². The second-order valence-electron chi connectivity index (χ2n) is 4.27. The second-order valence-corrected chi connectivity index (χ2v) is 5.71. The Kier molecular flexibility index (Phi) is 2.84. The van der Waals surface area contributed by atoms with Gasteiger partial charge in [0.15, 0.2) is 10.6 Å². The lowest BCUT2D eigenvalue weighted by molar-refractivity contribution is 0.0976. The van der Waals surface area contributed by atoms with Crippen LogP contribution in [0.15, 0.2) is 24.3 Å². The highest BCUT2D eigenvalue weighted by Crippen LogP contribution is 2.26. The Labute approximate surface area is 113 Å². The number of aromatic nitrogens is 1. The first-order valence-electron chi connectivity index (χ1n) is 5.75. The fraction of sp³-hybridized carbons (Fsp3) is 0.231. The molecule has 0 fully saturated rings. The Bertz CT molecular complexity index is 669. The van der Waals surface area contributed by atoms with Gasteiger partial charge >= 0.3 is 0 Å². The maximum atomic E-state index is 11.8. The molecule has 0 atom stereocenters. The Hall–Kier alpha value is -1.39. The number of nitrogens with one attached hydrogen (secondary N) is 1. The third kappa shape index (κ3) is 1.82. The van der Waals surface area contributed by atoms with E-state index in [9.17, 15) is 4.79 Å². The first-order valence-corrected chi connectivity index (χ1v) is 6.95. The van der Waals surface area contributed by atoms with Gasteiger partial charge in [0.05, 0.1) is 4.88 Å². The number of benzene rings is 1. The zero-order valence-corrected chi connectivity index (χ0v) is 11.1. The molecular weight excluding hydrogens is 268 g/mol. The van der Waals surface area contributed by atoms with Gasteiger partial charge in [-0.25, -0.2) is 0 Å². The maximum Gasteiger partial charge on any atom is 0.187 e. The minimum atomic E-state index is 0.169. The molecule has 0 bridgehead atoms. The van der Waals surface area contributed by atoms with Crippen LogP contribution in [0.25, 0.3) is 5.69 Å². The molecule has 0 spiro atoms. The number of hydrogen-bond acceptors (Lipinski definition) is 3. The number of hydrogen-bond donors (Lipinski definition) is 1. The van der Waals surface area contributed by atoms with Crippen molar-refractivity contribution in [2.45, 2.75) is 19.3 Å². The molecular formula is C13H11ClN2OS. The predicted octanol–water partition coefficient (Wildman–Crippen LogP) is 3.19. The molecule has 2 aromatic rings. The van der Waals surface area contributed by atoms with Crippen molar-refractivity contribution in [2.75, 3.05) is 0 Å². The molecule has 1 aromatic heterocycles. The summed E-state index contributed by atoms with van der Waals surface area (Å²) >= 11 is 7.14. The summed E-state index contributed by atoms with van der Waals surface area (Å²) in [6.45, 7) is 0. The SMILES string of the molecule is N=c1sc2c(n1-c1ccc(Cl)cc1)CCCC2=O. The summed E-state index contributed by atoms with van der Waals surface area (Å²) in [7, 11) is 0. The maximum absolute atomic E-state index is 11.8. The highest BCUT2D eigenvalue weighted by molar-refractivity contribution is 7.11. The Balaban J connectivity index is 2.21.